The molecular weight excluding hydrogens is 474 g/mol. The van der Waals surface area contributed by atoms with E-state index in [2.05, 4.69) is 4.98 Å². The van der Waals surface area contributed by atoms with Crippen LogP contribution in [0.4, 0.5) is 0 Å². The van der Waals surface area contributed by atoms with Crippen molar-refractivity contribution in [1.82, 2.24) is 14.3 Å². The molecule has 3 aromatic rings. The Bertz CT molecular complexity index is 1450. The predicted molar refractivity (Wildman–Crippen MR) is 122 cm³/mol. The van der Waals surface area contributed by atoms with Gasteiger partial charge in [0.25, 0.3) is 5.91 Å². The van der Waals surface area contributed by atoms with Gasteiger partial charge in [-0.1, -0.05) is 6.92 Å². The van der Waals surface area contributed by atoms with E-state index in [1.54, 1.807) is 28.9 Å². The first-order chi connectivity index (χ1) is 16.6. The molecule has 35 heavy (non-hydrogen) atoms. The number of carbonyl (C=O) groups is 4. The van der Waals surface area contributed by atoms with Crippen LogP contribution in [0.15, 0.2) is 42.7 Å². The van der Waals surface area contributed by atoms with E-state index in [0.29, 0.717) is 20.8 Å². The lowest BCUT2D eigenvalue weighted by Crippen LogP contribution is -2.63. The average molecular weight is 497 g/mol. The van der Waals surface area contributed by atoms with Crippen molar-refractivity contribution in [3.63, 3.8) is 0 Å². The Hall–Kier alpha value is -3.90. The first kappa shape index (κ1) is 22.9. The van der Waals surface area contributed by atoms with E-state index in [-0.39, 0.29) is 29.6 Å². The molecule has 12 heteroatoms. The normalized spacial score (nSPS) is 22.3. The van der Waals surface area contributed by atoms with Crippen molar-refractivity contribution in [3.05, 3.63) is 58.9 Å². The van der Waals surface area contributed by atoms with Crippen molar-refractivity contribution < 1.29 is 34.0 Å². The monoisotopic (exact) mass is 496 g/mol. The third kappa shape index (κ3) is 3.44. The van der Waals surface area contributed by atoms with Gasteiger partial charge in [-0.05, 0) is 13.0 Å². The summed E-state index contributed by atoms with van der Waals surface area (Å²) in [5, 5.41) is 20.0. The largest absolute Gasteiger partial charge is 0.477 e. The zero-order valence-corrected chi connectivity index (χ0v) is 19.6. The first-order valence-corrected chi connectivity index (χ1v) is 11.7. The smallest absolute Gasteiger partial charge is 0.352 e. The summed E-state index contributed by atoms with van der Waals surface area (Å²) in [5.74, 6) is -3.51. The topological polar surface area (TPSA) is 159 Å². The number of hydrogen-bond acceptors (Lipinski definition) is 7. The summed E-state index contributed by atoms with van der Waals surface area (Å²) in [7, 11) is 0. The SMILES string of the molecule is CC(O)[C@H]1C(=O)N2C(C(=O)O)=C(c3cn4cnc(C(=O)c5ccc[n+](CC(N)=O)c5)c4s3)[C@H](C)[C@H]12. The number of carboxylic acid groups (broad SMARTS) is 1. The summed E-state index contributed by atoms with van der Waals surface area (Å²) in [6.45, 7) is 3.29. The number of amides is 2. The van der Waals surface area contributed by atoms with Crippen molar-refractivity contribution in [2.75, 3.05) is 0 Å². The zero-order chi connectivity index (χ0) is 25.2. The number of rotatable bonds is 7. The molecule has 3 aromatic heterocycles. The third-order valence-corrected chi connectivity index (χ3v) is 7.67. The molecule has 0 bridgehead atoms. The molecule has 0 saturated carbocycles. The fourth-order valence-corrected chi connectivity index (χ4v) is 6.26. The van der Waals surface area contributed by atoms with Gasteiger partial charge in [0, 0.05) is 23.8 Å². The molecule has 1 fully saturated rings. The number of fused-ring (bicyclic) bond motifs is 2. The van der Waals surface area contributed by atoms with Gasteiger partial charge >= 0.3 is 5.97 Å². The van der Waals surface area contributed by atoms with Gasteiger partial charge in [-0.25, -0.2) is 9.78 Å². The number of β-lactam (4-membered cyclic amide) rings is 1. The Morgan fingerprint density at radius 1 is 1.34 bits per heavy atom. The summed E-state index contributed by atoms with van der Waals surface area (Å²) >= 11 is 1.21. The lowest BCUT2D eigenvalue weighted by Gasteiger charge is -2.46. The Kier molecular flexibility index (Phi) is 5.29. The van der Waals surface area contributed by atoms with Crippen molar-refractivity contribution in [1.29, 1.82) is 0 Å². The number of aliphatic hydroxyl groups is 1. The Balaban J connectivity index is 1.54. The number of nitrogens with zero attached hydrogens (tertiary/aromatic N) is 4. The Labute approximate surface area is 202 Å². The number of ketones is 1. The summed E-state index contributed by atoms with van der Waals surface area (Å²) < 4.78 is 3.16. The quantitative estimate of drug-likeness (QED) is 0.237. The summed E-state index contributed by atoms with van der Waals surface area (Å²) in [6.07, 6.45) is 5.42. The molecule has 0 spiro atoms. The van der Waals surface area contributed by atoms with Crippen molar-refractivity contribution >= 4 is 45.3 Å². The van der Waals surface area contributed by atoms with Gasteiger partial charge in [-0.3, -0.25) is 18.8 Å². The number of carboxylic acids is 1. The van der Waals surface area contributed by atoms with Crippen LogP contribution >= 0.6 is 11.3 Å². The second-order valence-corrected chi connectivity index (χ2v) is 9.81. The standard InChI is InChI=1S/C23H21N5O6S/c1-10-15(19(23(33)34)28-18(10)16(11(2)29)21(28)32)13-7-27-9-25-17(22(27)35-13)20(31)12-4-3-5-26(6-12)8-14(24)30/h3-7,9-11,16,18,29H,8H2,1-2H3,(H2-,24,30,33,34)/p+1/t10-,11?,16+,18+/m0/s1. The van der Waals surface area contributed by atoms with Crippen LogP contribution in [0.3, 0.4) is 0 Å². The van der Waals surface area contributed by atoms with Gasteiger partial charge in [-0.15, -0.1) is 11.3 Å². The van der Waals surface area contributed by atoms with E-state index in [4.69, 9.17) is 5.73 Å². The molecule has 4 atom stereocenters. The molecule has 0 aromatic carbocycles. The maximum absolute atomic E-state index is 13.2. The highest BCUT2D eigenvalue weighted by Crippen LogP contribution is 2.51. The molecular formula is C23H22N5O6S+. The van der Waals surface area contributed by atoms with E-state index in [1.807, 2.05) is 6.92 Å². The molecule has 4 N–H and O–H groups in total. The minimum atomic E-state index is -1.22. The van der Waals surface area contributed by atoms with Gasteiger partial charge in [0.05, 0.1) is 28.5 Å². The minimum Gasteiger partial charge on any atom is -0.477 e. The minimum absolute atomic E-state index is 0.0727. The van der Waals surface area contributed by atoms with Crippen molar-refractivity contribution in [3.8, 4) is 0 Å². The van der Waals surface area contributed by atoms with Crippen LogP contribution in [0, 0.1) is 11.8 Å². The molecule has 0 radical (unpaired) electrons. The molecule has 5 heterocycles. The van der Waals surface area contributed by atoms with Gasteiger partial charge in [0.15, 0.2) is 12.4 Å². The van der Waals surface area contributed by atoms with Crippen LogP contribution in [-0.2, 0) is 20.9 Å². The van der Waals surface area contributed by atoms with E-state index in [1.165, 1.54) is 40.3 Å². The van der Waals surface area contributed by atoms with Gasteiger partial charge in [0.1, 0.15) is 22.5 Å². The lowest BCUT2D eigenvalue weighted by atomic mass is 9.77. The molecule has 1 unspecified atom stereocenters. The number of nitrogens with two attached hydrogens (primary N) is 1. The number of aromatic nitrogens is 3. The van der Waals surface area contributed by atoms with Crippen LogP contribution in [0.25, 0.3) is 10.4 Å². The van der Waals surface area contributed by atoms with Crippen LogP contribution in [0.5, 0.6) is 0 Å². The number of pyridine rings is 1. The number of hydrogen-bond donors (Lipinski definition) is 3. The van der Waals surface area contributed by atoms with Crippen LogP contribution < -0.4 is 10.3 Å². The third-order valence-electron chi connectivity index (χ3n) is 6.53. The first-order valence-electron chi connectivity index (χ1n) is 10.9. The fourth-order valence-electron chi connectivity index (χ4n) is 5.04. The van der Waals surface area contributed by atoms with Crippen LogP contribution in [0.2, 0.25) is 0 Å². The maximum Gasteiger partial charge on any atom is 0.352 e. The van der Waals surface area contributed by atoms with E-state index >= 15 is 0 Å². The van der Waals surface area contributed by atoms with E-state index in [9.17, 15) is 29.4 Å². The maximum atomic E-state index is 13.2. The van der Waals surface area contributed by atoms with Crippen LogP contribution in [-0.4, -0.2) is 60.2 Å². The van der Waals surface area contributed by atoms with Gasteiger partial charge in [0.2, 0.25) is 18.2 Å². The zero-order valence-electron chi connectivity index (χ0n) is 18.8. The van der Waals surface area contributed by atoms with E-state index in [0.717, 1.165) is 0 Å². The number of aliphatic carboxylic acids is 1. The molecule has 2 aliphatic rings. The van der Waals surface area contributed by atoms with Crippen LogP contribution in [0.1, 0.15) is 34.8 Å². The van der Waals surface area contributed by atoms with Crippen molar-refractivity contribution in [2.24, 2.45) is 17.6 Å². The number of carbonyl (C=O) groups excluding carboxylic acids is 3. The summed E-state index contributed by atoms with van der Waals surface area (Å²) in [5.41, 5.74) is 6.14. The fraction of sp³-hybridized carbons (Fsp3) is 0.304. The van der Waals surface area contributed by atoms with Gasteiger partial charge in [-0.2, -0.15) is 4.57 Å². The molecule has 2 amide bonds. The van der Waals surface area contributed by atoms with E-state index < -0.39 is 35.8 Å². The number of thiazole rings is 1. The number of aliphatic hydroxyl groups excluding tert-OH is 1. The summed E-state index contributed by atoms with van der Waals surface area (Å²) in [4.78, 5) is 55.8. The lowest BCUT2D eigenvalue weighted by molar-refractivity contribution is -0.684. The molecule has 180 valence electrons. The second-order valence-electron chi connectivity index (χ2n) is 8.78. The highest BCUT2D eigenvalue weighted by molar-refractivity contribution is 7.18. The molecule has 1 saturated heterocycles. The molecule has 11 nitrogen and oxygen atoms in total. The highest BCUT2D eigenvalue weighted by Gasteiger charge is 2.60. The highest BCUT2D eigenvalue weighted by atomic mass is 32.1. The Morgan fingerprint density at radius 3 is 2.74 bits per heavy atom. The van der Waals surface area contributed by atoms with Gasteiger partial charge < -0.3 is 20.8 Å². The average Bonchev–Trinajstić information content (AvgIpc) is 3.42. The number of imidazole rings is 1. The Morgan fingerprint density at radius 2 is 2.09 bits per heavy atom. The summed E-state index contributed by atoms with van der Waals surface area (Å²) in [6, 6.07) is 2.80. The molecule has 2 aliphatic heterocycles. The number of primary amides is 1. The van der Waals surface area contributed by atoms with Crippen molar-refractivity contribution in [2.45, 2.75) is 32.5 Å². The molecule has 0 aliphatic carbocycles. The predicted octanol–water partition coefficient (Wildman–Crippen LogP) is 0.0528. The molecule has 5 rings (SSSR count). The second kappa shape index (κ2) is 8.10.